The molecule has 90 valence electrons. The van der Waals surface area contributed by atoms with Gasteiger partial charge in [-0.1, -0.05) is 5.16 Å². The summed E-state index contributed by atoms with van der Waals surface area (Å²) in [4.78, 5) is 4.36. The number of nitrogens with zero attached hydrogens (tertiary/aromatic N) is 2. The summed E-state index contributed by atoms with van der Waals surface area (Å²) in [6, 6.07) is 1.83. The van der Waals surface area contributed by atoms with Gasteiger partial charge in [0.1, 0.15) is 6.26 Å². The molecule has 5 heteroatoms. The van der Waals surface area contributed by atoms with Crippen molar-refractivity contribution < 1.29 is 8.94 Å². The molecule has 1 fully saturated rings. The van der Waals surface area contributed by atoms with Crippen molar-refractivity contribution in [3.63, 3.8) is 0 Å². The minimum Gasteiger partial charge on any atom is -0.472 e. The Balaban J connectivity index is 1.60. The van der Waals surface area contributed by atoms with Crippen molar-refractivity contribution in [1.82, 2.24) is 15.5 Å². The highest BCUT2D eigenvalue weighted by Gasteiger charge is 2.16. The fraction of sp³-hybridized carbons (Fsp3) is 0.500. The Morgan fingerprint density at radius 2 is 2.47 bits per heavy atom. The molecular weight excluding hydrogens is 218 g/mol. The van der Waals surface area contributed by atoms with Gasteiger partial charge in [0, 0.05) is 6.42 Å². The molecule has 0 bridgehead atoms. The predicted molar refractivity (Wildman–Crippen MR) is 61.3 cm³/mol. The standard InChI is InChI=1S/C12H15N3O2/c1(9-3-5-13-7-9)2-11-14-12(15-17-11)10-4-6-16-8-10/h4,6,8-9,13H,1-3,5,7H2. The van der Waals surface area contributed by atoms with E-state index in [2.05, 4.69) is 15.5 Å². The van der Waals surface area contributed by atoms with Crippen molar-refractivity contribution in [1.29, 1.82) is 0 Å². The molecule has 1 N–H and O–H groups in total. The van der Waals surface area contributed by atoms with Gasteiger partial charge >= 0.3 is 0 Å². The molecule has 1 aliphatic heterocycles. The normalized spacial score (nSPS) is 19.9. The van der Waals surface area contributed by atoms with Crippen molar-refractivity contribution in [3.8, 4) is 11.4 Å². The molecule has 3 heterocycles. The van der Waals surface area contributed by atoms with Crippen LogP contribution in [0.25, 0.3) is 11.4 Å². The van der Waals surface area contributed by atoms with Crippen LogP contribution in [0.5, 0.6) is 0 Å². The van der Waals surface area contributed by atoms with Crippen molar-refractivity contribution >= 4 is 0 Å². The zero-order valence-corrected chi connectivity index (χ0v) is 9.56. The highest BCUT2D eigenvalue weighted by Crippen LogP contribution is 2.18. The Kier molecular flexibility index (Phi) is 2.92. The first kappa shape index (κ1) is 10.5. The Morgan fingerprint density at radius 3 is 3.24 bits per heavy atom. The van der Waals surface area contributed by atoms with Crippen LogP contribution in [-0.4, -0.2) is 23.2 Å². The minimum absolute atomic E-state index is 0.610. The van der Waals surface area contributed by atoms with Crippen LogP contribution in [0.2, 0.25) is 0 Å². The summed E-state index contributed by atoms with van der Waals surface area (Å²) in [5, 5.41) is 7.30. The van der Waals surface area contributed by atoms with Crippen LogP contribution in [0, 0.1) is 5.92 Å². The number of rotatable bonds is 4. The highest BCUT2D eigenvalue weighted by molar-refractivity contribution is 5.51. The van der Waals surface area contributed by atoms with Gasteiger partial charge in [-0.3, -0.25) is 0 Å². The van der Waals surface area contributed by atoms with E-state index in [0.717, 1.165) is 37.4 Å². The van der Waals surface area contributed by atoms with Crippen LogP contribution in [0.1, 0.15) is 18.7 Å². The third kappa shape index (κ3) is 2.39. The number of furan rings is 1. The average molecular weight is 233 g/mol. The second kappa shape index (κ2) is 4.71. The maximum Gasteiger partial charge on any atom is 0.226 e. The lowest BCUT2D eigenvalue weighted by Crippen LogP contribution is -2.09. The second-order valence-corrected chi connectivity index (χ2v) is 4.42. The zero-order valence-electron chi connectivity index (χ0n) is 9.56. The molecule has 3 rings (SSSR count). The summed E-state index contributed by atoms with van der Waals surface area (Å²) in [5.74, 6) is 2.07. The van der Waals surface area contributed by atoms with Crippen LogP contribution >= 0.6 is 0 Å². The third-order valence-corrected chi connectivity index (χ3v) is 3.18. The second-order valence-electron chi connectivity index (χ2n) is 4.42. The Labute approximate surface area is 99.2 Å². The lowest BCUT2D eigenvalue weighted by atomic mass is 10.0. The molecule has 5 nitrogen and oxygen atoms in total. The molecule has 2 aromatic heterocycles. The topological polar surface area (TPSA) is 64.1 Å². The molecule has 2 aromatic rings. The largest absolute Gasteiger partial charge is 0.472 e. The Bertz CT molecular complexity index is 458. The number of aromatic nitrogens is 2. The van der Waals surface area contributed by atoms with E-state index in [1.807, 2.05) is 6.07 Å². The van der Waals surface area contributed by atoms with Crippen LogP contribution < -0.4 is 5.32 Å². The molecule has 0 aliphatic carbocycles. The molecule has 1 saturated heterocycles. The van der Waals surface area contributed by atoms with Crippen LogP contribution in [0.4, 0.5) is 0 Å². The summed E-state index contributed by atoms with van der Waals surface area (Å²) in [5.41, 5.74) is 0.863. The van der Waals surface area contributed by atoms with Crippen LogP contribution in [0.15, 0.2) is 27.5 Å². The van der Waals surface area contributed by atoms with Gasteiger partial charge in [0.05, 0.1) is 11.8 Å². The summed E-state index contributed by atoms with van der Waals surface area (Å²) in [7, 11) is 0. The smallest absolute Gasteiger partial charge is 0.226 e. The zero-order chi connectivity index (χ0) is 11.5. The summed E-state index contributed by atoms with van der Waals surface area (Å²) in [6.45, 7) is 2.25. The van der Waals surface area contributed by atoms with Gasteiger partial charge < -0.3 is 14.3 Å². The first-order valence-electron chi connectivity index (χ1n) is 5.98. The Morgan fingerprint density at radius 1 is 1.47 bits per heavy atom. The molecule has 1 aliphatic rings. The van der Waals surface area contributed by atoms with E-state index >= 15 is 0 Å². The van der Waals surface area contributed by atoms with E-state index in [9.17, 15) is 0 Å². The first-order chi connectivity index (χ1) is 8.42. The molecule has 0 saturated carbocycles. The molecule has 0 radical (unpaired) electrons. The van der Waals surface area contributed by atoms with Crippen molar-refractivity contribution in [2.45, 2.75) is 19.3 Å². The van der Waals surface area contributed by atoms with E-state index in [0.29, 0.717) is 11.7 Å². The summed E-state index contributed by atoms with van der Waals surface area (Å²) < 4.78 is 10.2. The molecule has 0 aromatic carbocycles. The maximum absolute atomic E-state index is 5.23. The van der Waals surface area contributed by atoms with Crippen LogP contribution in [0.3, 0.4) is 0 Å². The monoisotopic (exact) mass is 233 g/mol. The number of aryl methyl sites for hydroxylation is 1. The molecule has 0 amide bonds. The molecule has 0 spiro atoms. The lowest BCUT2D eigenvalue weighted by Gasteiger charge is -2.03. The SMILES string of the molecule is c1cc(-c2noc(CCC3CCNC3)n2)co1. The molecule has 1 unspecified atom stereocenters. The van der Waals surface area contributed by atoms with Crippen molar-refractivity contribution in [2.24, 2.45) is 5.92 Å². The number of hydrogen-bond acceptors (Lipinski definition) is 5. The lowest BCUT2D eigenvalue weighted by molar-refractivity contribution is 0.365. The van der Waals surface area contributed by atoms with Gasteiger partial charge in [-0.15, -0.1) is 0 Å². The average Bonchev–Trinajstić information content (AvgIpc) is 3.09. The first-order valence-corrected chi connectivity index (χ1v) is 5.98. The van der Waals surface area contributed by atoms with Crippen molar-refractivity contribution in [3.05, 3.63) is 24.5 Å². The van der Waals surface area contributed by atoms with Crippen molar-refractivity contribution in [2.75, 3.05) is 13.1 Å². The number of hydrogen-bond donors (Lipinski definition) is 1. The highest BCUT2D eigenvalue weighted by atomic mass is 16.5. The van der Waals surface area contributed by atoms with Gasteiger partial charge in [0.25, 0.3) is 0 Å². The van der Waals surface area contributed by atoms with Gasteiger partial charge in [0.2, 0.25) is 11.7 Å². The third-order valence-electron chi connectivity index (χ3n) is 3.18. The summed E-state index contributed by atoms with van der Waals surface area (Å²) >= 11 is 0. The molecule has 1 atom stereocenters. The van der Waals surface area contributed by atoms with E-state index in [1.165, 1.54) is 6.42 Å². The van der Waals surface area contributed by atoms with Gasteiger partial charge in [-0.05, 0) is 37.9 Å². The summed E-state index contributed by atoms with van der Waals surface area (Å²) in [6.07, 6.45) is 6.45. The molecule has 17 heavy (non-hydrogen) atoms. The van der Waals surface area contributed by atoms with E-state index in [4.69, 9.17) is 8.94 Å². The minimum atomic E-state index is 0.610. The Hall–Kier alpha value is -1.62. The number of nitrogens with one attached hydrogen (secondary N) is 1. The van der Waals surface area contributed by atoms with Crippen LogP contribution in [-0.2, 0) is 6.42 Å². The fourth-order valence-corrected chi connectivity index (χ4v) is 2.15. The van der Waals surface area contributed by atoms with E-state index < -0.39 is 0 Å². The quantitative estimate of drug-likeness (QED) is 0.873. The fourth-order valence-electron chi connectivity index (χ4n) is 2.15. The van der Waals surface area contributed by atoms with Gasteiger partial charge in [-0.25, -0.2) is 0 Å². The van der Waals surface area contributed by atoms with Gasteiger partial charge in [-0.2, -0.15) is 4.98 Å². The van der Waals surface area contributed by atoms with Gasteiger partial charge in [0.15, 0.2) is 0 Å². The maximum atomic E-state index is 5.23. The molecular formula is C12H15N3O2. The van der Waals surface area contributed by atoms with E-state index in [1.54, 1.807) is 12.5 Å². The van der Waals surface area contributed by atoms with E-state index in [-0.39, 0.29) is 0 Å². The predicted octanol–water partition coefficient (Wildman–Crippen LogP) is 1.87.